The summed E-state index contributed by atoms with van der Waals surface area (Å²) >= 11 is 3.41. The number of halogens is 1. The second-order valence-electron chi connectivity index (χ2n) is 8.26. The Labute approximate surface area is 228 Å². The number of hydrogen-bond acceptors (Lipinski definition) is 7. The lowest BCUT2D eigenvalue weighted by atomic mass is 10.2. The van der Waals surface area contributed by atoms with Crippen LogP contribution in [0.2, 0.25) is 0 Å². The average Bonchev–Trinajstić information content (AvgIpc) is 2.92. The van der Waals surface area contributed by atoms with Crippen molar-refractivity contribution in [1.29, 1.82) is 0 Å². The zero-order valence-corrected chi connectivity index (χ0v) is 22.8. The molecule has 0 fully saturated rings. The number of hydrogen-bond donors (Lipinski definition) is 1. The number of para-hydroxylation sites is 1. The first-order valence-electron chi connectivity index (χ1n) is 11.9. The minimum Gasteiger partial charge on any atom is -0.493 e. The van der Waals surface area contributed by atoms with E-state index in [0.29, 0.717) is 45.9 Å². The lowest BCUT2D eigenvalue weighted by Gasteiger charge is -2.15. The molecule has 0 saturated heterocycles. The molecule has 1 heterocycles. The van der Waals surface area contributed by atoms with E-state index < -0.39 is 0 Å². The molecule has 1 amide bonds. The maximum atomic E-state index is 13.3. The summed E-state index contributed by atoms with van der Waals surface area (Å²) in [6.07, 6.45) is 2.92. The molecule has 4 aromatic rings. The van der Waals surface area contributed by atoms with Crippen molar-refractivity contribution < 1.29 is 19.0 Å². The summed E-state index contributed by atoms with van der Waals surface area (Å²) in [7, 11) is 2.98. The molecule has 9 nitrogen and oxygen atoms in total. The van der Waals surface area contributed by atoms with Crippen LogP contribution in [0, 0.1) is 0 Å². The third-order valence-corrected chi connectivity index (χ3v) is 6.05. The van der Waals surface area contributed by atoms with Gasteiger partial charge in [-0.15, -0.1) is 0 Å². The molecule has 4 rings (SSSR count). The van der Waals surface area contributed by atoms with E-state index in [9.17, 15) is 9.59 Å². The highest BCUT2D eigenvalue weighted by molar-refractivity contribution is 9.10. The van der Waals surface area contributed by atoms with Gasteiger partial charge in [-0.05, 0) is 48.9 Å². The van der Waals surface area contributed by atoms with Gasteiger partial charge in [-0.2, -0.15) is 9.78 Å². The standard InChI is InChI=1S/C28H27BrN4O5/c1-4-8-25-32-22-12-11-19(29)15-21(22)28(35)33(25)30-16-18-13-23(36-2)27(24(14-18)37-3)38-17-26(34)31-20-9-6-5-7-10-20/h5-7,9-16H,4,8,17H2,1-3H3,(H,31,34). The van der Waals surface area contributed by atoms with Crippen LogP contribution in [-0.2, 0) is 11.2 Å². The normalized spacial score (nSPS) is 11.1. The van der Waals surface area contributed by atoms with Gasteiger partial charge in [0, 0.05) is 22.1 Å². The number of fused-ring (bicyclic) bond motifs is 1. The lowest BCUT2D eigenvalue weighted by Crippen LogP contribution is -2.22. The van der Waals surface area contributed by atoms with Crippen LogP contribution in [0.3, 0.4) is 0 Å². The molecule has 0 saturated carbocycles. The molecule has 0 aliphatic carbocycles. The highest BCUT2D eigenvalue weighted by atomic mass is 79.9. The van der Waals surface area contributed by atoms with E-state index in [1.54, 1.807) is 30.3 Å². The van der Waals surface area contributed by atoms with E-state index in [1.165, 1.54) is 25.1 Å². The summed E-state index contributed by atoms with van der Waals surface area (Å²) in [5.74, 6) is 1.20. The van der Waals surface area contributed by atoms with E-state index in [2.05, 4.69) is 31.3 Å². The van der Waals surface area contributed by atoms with Gasteiger partial charge in [0.25, 0.3) is 11.5 Å². The van der Waals surface area contributed by atoms with Crippen molar-refractivity contribution in [3.8, 4) is 17.2 Å². The highest BCUT2D eigenvalue weighted by Crippen LogP contribution is 2.38. The molecule has 38 heavy (non-hydrogen) atoms. The summed E-state index contributed by atoms with van der Waals surface area (Å²) in [6, 6.07) is 17.9. The van der Waals surface area contributed by atoms with Crippen LogP contribution in [-0.4, -0.2) is 42.6 Å². The minimum absolute atomic E-state index is 0.247. The number of rotatable bonds is 10. The number of carbonyl (C=O) groups is 1. The SMILES string of the molecule is CCCc1nc2ccc(Br)cc2c(=O)n1N=Cc1cc(OC)c(OCC(=O)Nc2ccccc2)c(OC)c1. The Hall–Kier alpha value is -4.18. The molecular formula is C28H27BrN4O5. The van der Waals surface area contributed by atoms with Gasteiger partial charge < -0.3 is 19.5 Å². The van der Waals surface area contributed by atoms with Gasteiger partial charge in [-0.1, -0.05) is 41.1 Å². The number of nitrogens with zero attached hydrogens (tertiary/aromatic N) is 3. The van der Waals surface area contributed by atoms with Crippen molar-refractivity contribution in [3.63, 3.8) is 0 Å². The van der Waals surface area contributed by atoms with Gasteiger partial charge in [0.15, 0.2) is 18.1 Å². The zero-order chi connectivity index (χ0) is 27.1. The van der Waals surface area contributed by atoms with Gasteiger partial charge in [0.2, 0.25) is 5.75 Å². The summed E-state index contributed by atoms with van der Waals surface area (Å²) in [5.41, 5.74) is 1.62. The molecule has 0 atom stereocenters. The van der Waals surface area contributed by atoms with Crippen molar-refractivity contribution in [2.75, 3.05) is 26.1 Å². The largest absolute Gasteiger partial charge is 0.493 e. The maximum Gasteiger partial charge on any atom is 0.282 e. The summed E-state index contributed by atoms with van der Waals surface area (Å²) in [6.45, 7) is 1.77. The van der Waals surface area contributed by atoms with E-state index in [4.69, 9.17) is 14.2 Å². The van der Waals surface area contributed by atoms with Crippen molar-refractivity contribution in [1.82, 2.24) is 9.66 Å². The second-order valence-corrected chi connectivity index (χ2v) is 9.17. The minimum atomic E-state index is -0.329. The Kier molecular flexibility index (Phi) is 8.75. The Morgan fingerprint density at radius 2 is 1.79 bits per heavy atom. The number of ether oxygens (including phenoxy) is 3. The van der Waals surface area contributed by atoms with Crippen LogP contribution >= 0.6 is 15.9 Å². The van der Waals surface area contributed by atoms with Gasteiger partial charge in [-0.25, -0.2) is 4.98 Å². The second kappa shape index (κ2) is 12.4. The molecule has 0 aliphatic rings. The molecule has 0 spiro atoms. The molecular weight excluding hydrogens is 552 g/mol. The Balaban J connectivity index is 1.62. The van der Waals surface area contributed by atoms with Gasteiger partial charge in [0.1, 0.15) is 5.82 Å². The molecule has 1 aromatic heterocycles. The van der Waals surface area contributed by atoms with Crippen LogP contribution < -0.4 is 25.1 Å². The number of nitrogens with one attached hydrogen (secondary N) is 1. The third-order valence-electron chi connectivity index (χ3n) is 5.56. The third kappa shape index (κ3) is 6.20. The first kappa shape index (κ1) is 26.9. The average molecular weight is 579 g/mol. The van der Waals surface area contributed by atoms with Crippen LogP contribution in [0.15, 0.2) is 75.0 Å². The lowest BCUT2D eigenvalue weighted by molar-refractivity contribution is -0.118. The van der Waals surface area contributed by atoms with Crippen LogP contribution in [0.5, 0.6) is 17.2 Å². The summed E-state index contributed by atoms with van der Waals surface area (Å²) in [5, 5.41) is 7.69. The molecule has 1 N–H and O–H groups in total. The number of benzene rings is 3. The molecule has 10 heteroatoms. The van der Waals surface area contributed by atoms with Crippen molar-refractivity contribution in [2.24, 2.45) is 5.10 Å². The van der Waals surface area contributed by atoms with Gasteiger partial charge in [0.05, 0.1) is 31.3 Å². The Bertz CT molecular complexity index is 1510. The molecule has 196 valence electrons. The number of amides is 1. The molecule has 0 unspecified atom stereocenters. The molecule has 0 aliphatic heterocycles. The Morgan fingerprint density at radius 1 is 1.08 bits per heavy atom. The van der Waals surface area contributed by atoms with E-state index in [-0.39, 0.29) is 23.8 Å². The monoisotopic (exact) mass is 578 g/mol. The number of anilines is 1. The Morgan fingerprint density at radius 3 is 2.45 bits per heavy atom. The predicted molar refractivity (Wildman–Crippen MR) is 151 cm³/mol. The number of methoxy groups -OCH3 is 2. The number of aromatic nitrogens is 2. The highest BCUT2D eigenvalue weighted by Gasteiger charge is 2.16. The number of carbonyl (C=O) groups excluding carboxylic acids is 1. The van der Waals surface area contributed by atoms with Gasteiger partial charge >= 0.3 is 0 Å². The molecule has 0 bridgehead atoms. The first-order chi connectivity index (χ1) is 18.4. The van der Waals surface area contributed by atoms with Gasteiger partial charge in [-0.3, -0.25) is 9.59 Å². The summed E-state index contributed by atoms with van der Waals surface area (Å²) < 4.78 is 18.9. The first-order valence-corrected chi connectivity index (χ1v) is 12.7. The van der Waals surface area contributed by atoms with E-state index in [0.717, 1.165) is 10.9 Å². The zero-order valence-electron chi connectivity index (χ0n) is 21.2. The van der Waals surface area contributed by atoms with Crippen LogP contribution in [0.25, 0.3) is 10.9 Å². The van der Waals surface area contributed by atoms with E-state index >= 15 is 0 Å². The maximum absolute atomic E-state index is 13.3. The predicted octanol–water partition coefficient (Wildman–Crippen LogP) is 5.03. The molecule has 0 radical (unpaired) electrons. The van der Waals surface area contributed by atoms with Crippen molar-refractivity contribution >= 4 is 44.6 Å². The number of aryl methyl sites for hydroxylation is 1. The van der Waals surface area contributed by atoms with Crippen LogP contribution in [0.1, 0.15) is 24.7 Å². The quantitative estimate of drug-likeness (QED) is 0.265. The van der Waals surface area contributed by atoms with Crippen molar-refractivity contribution in [3.05, 3.63) is 86.9 Å². The fourth-order valence-corrected chi connectivity index (χ4v) is 4.16. The van der Waals surface area contributed by atoms with E-state index in [1.807, 2.05) is 37.3 Å². The van der Waals surface area contributed by atoms with Crippen molar-refractivity contribution in [2.45, 2.75) is 19.8 Å². The topological polar surface area (TPSA) is 104 Å². The fraction of sp³-hybridized carbons (Fsp3) is 0.214. The van der Waals surface area contributed by atoms with Crippen LogP contribution in [0.4, 0.5) is 5.69 Å². The smallest absolute Gasteiger partial charge is 0.282 e. The summed E-state index contributed by atoms with van der Waals surface area (Å²) in [4.78, 5) is 30.3. The molecule has 3 aromatic carbocycles. The fourth-order valence-electron chi connectivity index (χ4n) is 3.80.